The minimum atomic E-state index is -4.71. The molecule has 0 unspecified atom stereocenters. The van der Waals surface area contributed by atoms with E-state index in [2.05, 4.69) is 15.5 Å². The molecule has 2 aromatic carbocycles. The fraction of sp³-hybridized carbons (Fsp3) is 0.188. The number of benzene rings is 2. The lowest BCUT2D eigenvalue weighted by Gasteiger charge is -2.12. The highest BCUT2D eigenvalue weighted by molar-refractivity contribution is 8.00. The molecule has 1 amide bonds. The third-order valence-corrected chi connectivity index (χ3v) is 4.64. The van der Waals surface area contributed by atoms with Crippen LogP contribution < -0.4 is 11.2 Å². The van der Waals surface area contributed by atoms with Crippen molar-refractivity contribution in [1.82, 2.24) is 14.9 Å². The van der Waals surface area contributed by atoms with Gasteiger partial charge in [0.2, 0.25) is 11.1 Å². The number of amides is 1. The largest absolute Gasteiger partial charge is 0.453 e. The second-order valence-electron chi connectivity index (χ2n) is 5.49. The summed E-state index contributed by atoms with van der Waals surface area (Å²) in [4.78, 5) is 12.3. The molecule has 6 nitrogen and oxygen atoms in total. The van der Waals surface area contributed by atoms with E-state index < -0.39 is 17.3 Å². The third kappa shape index (κ3) is 3.74. The molecular formula is C16H14F3N5OS. The Balaban J connectivity index is 1.70. The third-order valence-electron chi connectivity index (χ3n) is 3.59. The van der Waals surface area contributed by atoms with Gasteiger partial charge in [-0.3, -0.25) is 4.79 Å². The van der Waals surface area contributed by atoms with Crippen LogP contribution >= 0.6 is 11.8 Å². The molecule has 0 saturated carbocycles. The van der Waals surface area contributed by atoms with E-state index in [1.165, 1.54) is 0 Å². The maximum absolute atomic E-state index is 12.7. The Bertz CT molecular complexity index is 956. The van der Waals surface area contributed by atoms with Crippen molar-refractivity contribution >= 4 is 34.1 Å². The molecule has 136 valence electrons. The molecule has 10 heteroatoms. The number of alkyl halides is 3. The van der Waals surface area contributed by atoms with Gasteiger partial charge in [-0.1, -0.05) is 42.1 Å². The quantitative estimate of drug-likeness (QED) is 0.535. The number of hydrogen-bond donors (Lipinski definition) is 2. The molecular weight excluding hydrogens is 367 g/mol. The van der Waals surface area contributed by atoms with Gasteiger partial charge < -0.3 is 11.2 Å². The first-order valence-electron chi connectivity index (χ1n) is 7.49. The van der Waals surface area contributed by atoms with E-state index in [1.54, 1.807) is 13.0 Å². The van der Waals surface area contributed by atoms with Crippen molar-refractivity contribution < 1.29 is 18.0 Å². The molecule has 1 heterocycles. The van der Waals surface area contributed by atoms with Crippen molar-refractivity contribution in [3.8, 4) is 0 Å². The number of anilines is 1. The zero-order valence-electron chi connectivity index (χ0n) is 13.5. The number of aromatic nitrogens is 3. The average Bonchev–Trinajstić information content (AvgIpc) is 2.95. The predicted octanol–water partition coefficient (Wildman–Crippen LogP) is 3.28. The smallest absolute Gasteiger partial charge is 0.335 e. The Labute approximate surface area is 150 Å². The number of carbonyl (C=O) groups excluding carboxylic acids is 1. The summed E-state index contributed by atoms with van der Waals surface area (Å²) < 4.78 is 38.4. The molecule has 0 saturated heterocycles. The summed E-state index contributed by atoms with van der Waals surface area (Å²) in [6, 6.07) is 13.1. The van der Waals surface area contributed by atoms with Crippen LogP contribution in [0.2, 0.25) is 0 Å². The van der Waals surface area contributed by atoms with Crippen LogP contribution in [0, 0.1) is 0 Å². The van der Waals surface area contributed by atoms with E-state index >= 15 is 0 Å². The van der Waals surface area contributed by atoms with Crippen molar-refractivity contribution in [2.45, 2.75) is 23.5 Å². The summed E-state index contributed by atoms with van der Waals surface area (Å²) in [6.45, 7) is 1.54. The van der Waals surface area contributed by atoms with Crippen LogP contribution in [0.25, 0.3) is 10.8 Å². The van der Waals surface area contributed by atoms with Crippen molar-refractivity contribution in [3.63, 3.8) is 0 Å². The van der Waals surface area contributed by atoms with Gasteiger partial charge in [0.05, 0.1) is 5.25 Å². The van der Waals surface area contributed by atoms with Crippen LogP contribution in [0.4, 0.5) is 18.9 Å². The van der Waals surface area contributed by atoms with Crippen LogP contribution in [0.15, 0.2) is 47.6 Å². The summed E-state index contributed by atoms with van der Waals surface area (Å²) in [6.07, 6.45) is -4.71. The monoisotopic (exact) mass is 381 g/mol. The molecule has 0 spiro atoms. The Morgan fingerprint density at radius 1 is 1.19 bits per heavy atom. The number of halogens is 3. The van der Waals surface area contributed by atoms with E-state index in [-0.39, 0.29) is 11.1 Å². The maximum Gasteiger partial charge on any atom is 0.453 e. The van der Waals surface area contributed by atoms with Crippen LogP contribution in [0.5, 0.6) is 0 Å². The molecule has 0 aliphatic rings. The highest BCUT2D eigenvalue weighted by Gasteiger charge is 2.38. The molecule has 0 bridgehead atoms. The second-order valence-corrected chi connectivity index (χ2v) is 6.79. The zero-order valence-corrected chi connectivity index (χ0v) is 14.3. The topological polar surface area (TPSA) is 85.8 Å². The fourth-order valence-corrected chi connectivity index (χ4v) is 3.04. The van der Waals surface area contributed by atoms with Gasteiger partial charge in [-0.05, 0) is 29.8 Å². The first-order valence-corrected chi connectivity index (χ1v) is 8.37. The Morgan fingerprint density at radius 2 is 1.88 bits per heavy atom. The Kier molecular flexibility index (Phi) is 4.77. The van der Waals surface area contributed by atoms with Crippen LogP contribution in [-0.2, 0) is 11.0 Å². The molecule has 0 aliphatic carbocycles. The molecule has 0 fully saturated rings. The van der Waals surface area contributed by atoms with E-state index in [9.17, 15) is 18.0 Å². The number of rotatable bonds is 4. The zero-order chi connectivity index (χ0) is 18.9. The van der Waals surface area contributed by atoms with E-state index in [0.29, 0.717) is 10.4 Å². The number of hydrogen-bond acceptors (Lipinski definition) is 5. The van der Waals surface area contributed by atoms with E-state index in [0.717, 1.165) is 22.5 Å². The molecule has 3 N–H and O–H groups in total. The van der Waals surface area contributed by atoms with E-state index in [1.807, 2.05) is 36.4 Å². The minimum absolute atomic E-state index is 0.196. The Morgan fingerprint density at radius 3 is 2.54 bits per heavy atom. The van der Waals surface area contributed by atoms with Gasteiger partial charge in [-0.25, -0.2) is 4.68 Å². The first kappa shape index (κ1) is 18.1. The standard InChI is InChI=1S/C16H14F3N5OS/c1-9(26-15-23-22-14(24(15)20)16(17,18)19)13(25)21-12-7-6-10-4-2-3-5-11(10)8-12/h2-9H,20H2,1H3,(H,21,25)/t9-/m0/s1. The predicted molar refractivity (Wildman–Crippen MR) is 93.1 cm³/mol. The SMILES string of the molecule is C[C@H](Sc1nnc(C(F)(F)F)n1N)C(=O)Nc1ccc2ccccc2c1. The summed E-state index contributed by atoms with van der Waals surface area (Å²) in [5.74, 6) is 3.67. The highest BCUT2D eigenvalue weighted by Crippen LogP contribution is 2.30. The minimum Gasteiger partial charge on any atom is -0.335 e. The highest BCUT2D eigenvalue weighted by atomic mass is 32.2. The number of fused-ring (bicyclic) bond motifs is 1. The summed E-state index contributed by atoms with van der Waals surface area (Å²) in [5, 5.41) is 10.2. The van der Waals surface area contributed by atoms with Crippen molar-refractivity contribution in [1.29, 1.82) is 0 Å². The van der Waals surface area contributed by atoms with Gasteiger partial charge >= 0.3 is 6.18 Å². The van der Waals surface area contributed by atoms with Gasteiger partial charge in [0.25, 0.3) is 5.82 Å². The number of thioether (sulfide) groups is 1. The lowest BCUT2D eigenvalue weighted by molar-refractivity contribution is -0.146. The van der Waals surface area contributed by atoms with Crippen LogP contribution in [0.3, 0.4) is 0 Å². The van der Waals surface area contributed by atoms with Gasteiger partial charge in [0.15, 0.2) is 0 Å². The number of nitrogens with one attached hydrogen (secondary N) is 1. The normalized spacial score (nSPS) is 12.9. The lowest BCUT2D eigenvalue weighted by atomic mass is 10.1. The molecule has 0 aliphatic heterocycles. The lowest BCUT2D eigenvalue weighted by Crippen LogP contribution is -2.25. The molecule has 1 aromatic heterocycles. The number of nitrogens with zero attached hydrogens (tertiary/aromatic N) is 3. The maximum atomic E-state index is 12.7. The van der Waals surface area contributed by atoms with E-state index in [4.69, 9.17) is 5.84 Å². The fourth-order valence-electron chi connectivity index (χ4n) is 2.27. The van der Waals surface area contributed by atoms with Gasteiger partial charge in [0.1, 0.15) is 0 Å². The average molecular weight is 381 g/mol. The number of nitrogens with two attached hydrogens (primary N) is 1. The van der Waals surface area contributed by atoms with Crippen molar-refractivity contribution in [3.05, 3.63) is 48.3 Å². The molecule has 1 atom stereocenters. The molecule has 0 radical (unpaired) electrons. The van der Waals surface area contributed by atoms with Crippen LogP contribution in [0.1, 0.15) is 12.7 Å². The Hall–Kier alpha value is -2.75. The van der Waals surface area contributed by atoms with Gasteiger partial charge in [0, 0.05) is 5.69 Å². The van der Waals surface area contributed by atoms with Gasteiger partial charge in [-0.15, -0.1) is 10.2 Å². The second kappa shape index (κ2) is 6.87. The summed E-state index contributed by atoms with van der Waals surface area (Å²) >= 11 is 0.790. The van der Waals surface area contributed by atoms with Gasteiger partial charge in [-0.2, -0.15) is 13.2 Å². The first-order chi connectivity index (χ1) is 12.3. The molecule has 3 aromatic rings. The van der Waals surface area contributed by atoms with Crippen molar-refractivity contribution in [2.75, 3.05) is 11.2 Å². The number of nitrogen functional groups attached to an aromatic ring is 1. The summed E-state index contributed by atoms with van der Waals surface area (Å²) in [7, 11) is 0. The van der Waals surface area contributed by atoms with Crippen molar-refractivity contribution in [2.24, 2.45) is 0 Å². The number of carbonyl (C=O) groups is 1. The molecule has 26 heavy (non-hydrogen) atoms. The summed E-state index contributed by atoms with van der Waals surface area (Å²) in [5.41, 5.74) is 0.589. The van der Waals surface area contributed by atoms with Crippen LogP contribution in [-0.4, -0.2) is 26.0 Å². The molecule has 3 rings (SSSR count).